The van der Waals surface area contributed by atoms with Crippen LogP contribution in [0.2, 0.25) is 0 Å². The van der Waals surface area contributed by atoms with E-state index in [1.807, 2.05) is 13.8 Å². The highest BCUT2D eigenvalue weighted by atomic mass is 16.4. The molecule has 1 fully saturated rings. The molecule has 0 spiro atoms. The number of likely N-dealkylation sites (tertiary alicyclic amines) is 1. The topological polar surface area (TPSA) is 98.7 Å². The predicted octanol–water partition coefficient (Wildman–Crippen LogP) is 0.796. The fourth-order valence-electron chi connectivity index (χ4n) is 2.36. The van der Waals surface area contributed by atoms with Crippen LogP contribution in [0.15, 0.2) is 0 Å². The van der Waals surface area contributed by atoms with E-state index in [4.69, 9.17) is 5.11 Å². The van der Waals surface area contributed by atoms with Crippen molar-refractivity contribution >= 4 is 17.9 Å². The lowest BCUT2D eigenvalue weighted by atomic mass is 10.0. The molecule has 0 bridgehead atoms. The van der Waals surface area contributed by atoms with E-state index in [2.05, 4.69) is 10.6 Å². The standard InChI is InChI=1S/C14H25N3O4/c1-9(2)8-11(13(19)20)16-14(21)15-10(3)12(18)17-6-4-5-7-17/h9-11H,4-8H2,1-3H3,(H,19,20)(H2,15,16,21). The van der Waals surface area contributed by atoms with Crippen molar-refractivity contribution in [3.63, 3.8) is 0 Å². The van der Waals surface area contributed by atoms with Crippen LogP contribution in [-0.4, -0.2) is 53.1 Å². The number of rotatable bonds is 6. The maximum absolute atomic E-state index is 12.0. The highest BCUT2D eigenvalue weighted by Gasteiger charge is 2.26. The van der Waals surface area contributed by atoms with Gasteiger partial charge in [-0.3, -0.25) is 4.79 Å². The SMILES string of the molecule is CC(C)CC(NC(=O)NC(C)C(=O)N1CCCC1)C(=O)O. The number of hydrogen-bond donors (Lipinski definition) is 3. The van der Waals surface area contributed by atoms with Gasteiger partial charge in [-0.15, -0.1) is 0 Å². The van der Waals surface area contributed by atoms with E-state index in [1.54, 1.807) is 11.8 Å². The molecule has 21 heavy (non-hydrogen) atoms. The molecule has 7 nitrogen and oxygen atoms in total. The average molecular weight is 299 g/mol. The number of urea groups is 1. The van der Waals surface area contributed by atoms with Gasteiger partial charge in [0.1, 0.15) is 12.1 Å². The molecule has 0 aromatic heterocycles. The molecule has 0 aromatic carbocycles. The average Bonchev–Trinajstić information content (AvgIpc) is 2.89. The third-order valence-corrected chi connectivity index (χ3v) is 3.45. The number of aliphatic carboxylic acids is 1. The van der Waals surface area contributed by atoms with Crippen molar-refractivity contribution in [1.29, 1.82) is 0 Å². The Balaban J connectivity index is 2.47. The maximum atomic E-state index is 12.0. The minimum atomic E-state index is -1.07. The quantitative estimate of drug-likeness (QED) is 0.675. The largest absolute Gasteiger partial charge is 0.480 e. The summed E-state index contributed by atoms with van der Waals surface area (Å²) in [7, 11) is 0. The van der Waals surface area contributed by atoms with E-state index in [-0.39, 0.29) is 11.8 Å². The van der Waals surface area contributed by atoms with Gasteiger partial charge in [0.2, 0.25) is 5.91 Å². The number of nitrogens with zero attached hydrogens (tertiary/aromatic N) is 1. The third kappa shape index (κ3) is 5.61. The summed E-state index contributed by atoms with van der Waals surface area (Å²) in [6.45, 7) is 6.82. The number of carboxylic acids is 1. The molecule has 120 valence electrons. The molecule has 1 aliphatic heterocycles. The van der Waals surface area contributed by atoms with E-state index in [1.165, 1.54) is 0 Å². The van der Waals surface area contributed by atoms with Crippen LogP contribution < -0.4 is 10.6 Å². The van der Waals surface area contributed by atoms with Gasteiger partial charge in [-0.2, -0.15) is 0 Å². The first-order valence-electron chi connectivity index (χ1n) is 7.40. The van der Waals surface area contributed by atoms with Gasteiger partial charge in [0.05, 0.1) is 0 Å². The number of nitrogens with one attached hydrogen (secondary N) is 2. The molecule has 3 amide bonds. The van der Waals surface area contributed by atoms with Crippen molar-refractivity contribution in [1.82, 2.24) is 15.5 Å². The van der Waals surface area contributed by atoms with Crippen molar-refractivity contribution in [3.05, 3.63) is 0 Å². The van der Waals surface area contributed by atoms with Crippen LogP contribution >= 0.6 is 0 Å². The second-order valence-corrected chi connectivity index (χ2v) is 5.89. The molecule has 2 atom stereocenters. The Morgan fingerprint density at radius 3 is 2.14 bits per heavy atom. The van der Waals surface area contributed by atoms with Gasteiger partial charge in [0.25, 0.3) is 0 Å². The zero-order valence-corrected chi connectivity index (χ0v) is 12.9. The van der Waals surface area contributed by atoms with Gasteiger partial charge in [0, 0.05) is 13.1 Å². The minimum Gasteiger partial charge on any atom is -0.480 e. The summed E-state index contributed by atoms with van der Waals surface area (Å²) in [5.74, 6) is -1.05. The Morgan fingerprint density at radius 2 is 1.67 bits per heavy atom. The highest BCUT2D eigenvalue weighted by Crippen LogP contribution is 2.09. The monoisotopic (exact) mass is 299 g/mol. The Hall–Kier alpha value is -1.79. The van der Waals surface area contributed by atoms with E-state index < -0.39 is 24.1 Å². The first kappa shape index (κ1) is 17.3. The van der Waals surface area contributed by atoms with Crippen LogP contribution in [0.4, 0.5) is 4.79 Å². The van der Waals surface area contributed by atoms with Crippen LogP contribution in [0.3, 0.4) is 0 Å². The summed E-state index contributed by atoms with van der Waals surface area (Å²) in [6, 6.07) is -2.22. The van der Waals surface area contributed by atoms with Crippen LogP contribution in [0, 0.1) is 5.92 Å². The molecule has 1 aliphatic rings. The van der Waals surface area contributed by atoms with Crippen LogP contribution in [-0.2, 0) is 9.59 Å². The summed E-state index contributed by atoms with van der Waals surface area (Å²) < 4.78 is 0. The van der Waals surface area contributed by atoms with Gasteiger partial charge in [-0.1, -0.05) is 13.8 Å². The molecule has 0 radical (unpaired) electrons. The lowest BCUT2D eigenvalue weighted by Crippen LogP contribution is -2.52. The molecular weight excluding hydrogens is 274 g/mol. The second-order valence-electron chi connectivity index (χ2n) is 5.89. The molecule has 2 unspecified atom stereocenters. The van der Waals surface area contributed by atoms with Crippen molar-refractivity contribution < 1.29 is 19.5 Å². The lowest BCUT2D eigenvalue weighted by molar-refractivity contribution is -0.139. The van der Waals surface area contributed by atoms with Gasteiger partial charge in [-0.05, 0) is 32.1 Å². The first-order chi connectivity index (χ1) is 9.81. The zero-order valence-electron chi connectivity index (χ0n) is 12.9. The second kappa shape index (κ2) is 7.85. The summed E-state index contributed by atoms with van der Waals surface area (Å²) in [5.41, 5.74) is 0. The van der Waals surface area contributed by atoms with Gasteiger partial charge in [-0.25, -0.2) is 9.59 Å². The van der Waals surface area contributed by atoms with Crippen LogP contribution in [0.1, 0.15) is 40.0 Å². The minimum absolute atomic E-state index is 0.126. The Bertz CT molecular complexity index is 392. The summed E-state index contributed by atoms with van der Waals surface area (Å²) in [6.07, 6.45) is 2.32. The van der Waals surface area contributed by atoms with Crippen molar-refractivity contribution in [3.8, 4) is 0 Å². The van der Waals surface area contributed by atoms with Gasteiger partial charge < -0.3 is 20.6 Å². The fourth-order valence-corrected chi connectivity index (χ4v) is 2.36. The predicted molar refractivity (Wildman–Crippen MR) is 77.8 cm³/mol. The number of amides is 3. The lowest BCUT2D eigenvalue weighted by Gasteiger charge is -2.22. The fraction of sp³-hybridized carbons (Fsp3) is 0.786. The molecule has 0 aliphatic carbocycles. The molecule has 1 saturated heterocycles. The van der Waals surface area contributed by atoms with E-state index >= 15 is 0 Å². The highest BCUT2D eigenvalue weighted by molar-refractivity contribution is 5.88. The van der Waals surface area contributed by atoms with Crippen molar-refractivity contribution in [2.75, 3.05) is 13.1 Å². The van der Waals surface area contributed by atoms with E-state index in [9.17, 15) is 14.4 Å². The number of hydrogen-bond acceptors (Lipinski definition) is 3. The smallest absolute Gasteiger partial charge is 0.326 e. The molecular formula is C14H25N3O4. The molecule has 0 aromatic rings. The summed E-state index contributed by atoms with van der Waals surface area (Å²) >= 11 is 0. The summed E-state index contributed by atoms with van der Waals surface area (Å²) in [4.78, 5) is 36.7. The number of carboxylic acid groups (broad SMARTS) is 1. The zero-order chi connectivity index (χ0) is 16.0. The Labute approximate surface area is 125 Å². The third-order valence-electron chi connectivity index (χ3n) is 3.45. The molecule has 3 N–H and O–H groups in total. The molecule has 1 rings (SSSR count). The molecule has 0 saturated carbocycles. The first-order valence-corrected chi connectivity index (χ1v) is 7.40. The number of carbonyl (C=O) groups is 3. The maximum Gasteiger partial charge on any atom is 0.326 e. The van der Waals surface area contributed by atoms with Crippen molar-refractivity contribution in [2.45, 2.75) is 52.1 Å². The summed E-state index contributed by atoms with van der Waals surface area (Å²) in [5, 5.41) is 14.0. The Morgan fingerprint density at radius 1 is 1.10 bits per heavy atom. The van der Waals surface area contributed by atoms with Gasteiger partial charge >= 0.3 is 12.0 Å². The number of carbonyl (C=O) groups excluding carboxylic acids is 2. The van der Waals surface area contributed by atoms with Gasteiger partial charge in [0.15, 0.2) is 0 Å². The van der Waals surface area contributed by atoms with E-state index in [0.29, 0.717) is 6.42 Å². The molecule has 7 heteroatoms. The Kier molecular flexibility index (Phi) is 6.45. The van der Waals surface area contributed by atoms with Crippen LogP contribution in [0.25, 0.3) is 0 Å². The normalized spacial score (nSPS) is 17.4. The van der Waals surface area contributed by atoms with Crippen LogP contribution in [0.5, 0.6) is 0 Å². The van der Waals surface area contributed by atoms with Crippen molar-refractivity contribution in [2.24, 2.45) is 5.92 Å². The van der Waals surface area contributed by atoms with E-state index in [0.717, 1.165) is 25.9 Å². The molecule has 1 heterocycles.